The molecule has 0 bridgehead atoms. The van der Waals surface area contributed by atoms with Gasteiger partial charge >= 0.3 is 0 Å². The Bertz CT molecular complexity index is 491. The summed E-state index contributed by atoms with van der Waals surface area (Å²) in [4.78, 5) is 0. The number of anilines is 1. The van der Waals surface area contributed by atoms with Crippen molar-refractivity contribution in [2.24, 2.45) is 0 Å². The zero-order chi connectivity index (χ0) is 13.6. The topological polar surface area (TPSA) is 69.4 Å². The highest BCUT2D eigenvalue weighted by atomic mass is 32.2. The molecular formula is C13H19NO3S. The Morgan fingerprint density at radius 3 is 2.50 bits per heavy atom. The molecule has 0 aliphatic rings. The number of ether oxygens (including phenoxy) is 1. The highest BCUT2D eigenvalue weighted by molar-refractivity contribution is 7.91. The number of hydrogen-bond acceptors (Lipinski definition) is 4. The predicted molar refractivity (Wildman–Crippen MR) is 74.4 cm³/mol. The van der Waals surface area contributed by atoms with E-state index in [1.165, 1.54) is 0 Å². The van der Waals surface area contributed by atoms with Gasteiger partial charge in [0.15, 0.2) is 9.84 Å². The molecule has 0 radical (unpaired) electrons. The Balaban J connectivity index is 2.31. The molecule has 0 saturated heterocycles. The Morgan fingerprint density at radius 1 is 1.33 bits per heavy atom. The third kappa shape index (κ3) is 5.72. The maximum absolute atomic E-state index is 11.6. The van der Waals surface area contributed by atoms with Gasteiger partial charge in [0.2, 0.25) is 0 Å². The van der Waals surface area contributed by atoms with Crippen molar-refractivity contribution >= 4 is 15.5 Å². The fraction of sp³-hybridized carbons (Fsp3) is 0.385. The standard InChI is InChI=1S/C13H19NO3S/c1-11(2)10-18(15,16)9-3-8-17-13-6-4-12(14)5-7-13/h4-7H,1,3,8-10,14H2,2H3. The normalized spacial score (nSPS) is 11.2. The molecule has 0 unspecified atom stereocenters. The van der Waals surface area contributed by atoms with Gasteiger partial charge in [0.05, 0.1) is 18.1 Å². The molecule has 1 aromatic rings. The summed E-state index contributed by atoms with van der Waals surface area (Å²) in [5.74, 6) is 0.866. The zero-order valence-corrected chi connectivity index (χ0v) is 11.4. The van der Waals surface area contributed by atoms with E-state index in [-0.39, 0.29) is 11.5 Å². The van der Waals surface area contributed by atoms with Crippen molar-refractivity contribution in [3.63, 3.8) is 0 Å². The summed E-state index contributed by atoms with van der Waals surface area (Å²) in [7, 11) is -3.04. The van der Waals surface area contributed by atoms with Crippen LogP contribution in [0.15, 0.2) is 36.4 Å². The van der Waals surface area contributed by atoms with Crippen molar-refractivity contribution in [2.75, 3.05) is 23.8 Å². The second-order valence-electron chi connectivity index (χ2n) is 4.32. The van der Waals surface area contributed by atoms with Crippen LogP contribution in [-0.2, 0) is 9.84 Å². The van der Waals surface area contributed by atoms with E-state index < -0.39 is 9.84 Å². The van der Waals surface area contributed by atoms with Gasteiger partial charge in [0, 0.05) is 5.69 Å². The number of benzene rings is 1. The second-order valence-corrected chi connectivity index (χ2v) is 6.50. The minimum Gasteiger partial charge on any atom is -0.494 e. The van der Waals surface area contributed by atoms with E-state index in [9.17, 15) is 8.42 Å². The van der Waals surface area contributed by atoms with E-state index in [1.807, 2.05) is 0 Å². The minimum absolute atomic E-state index is 0.0505. The van der Waals surface area contributed by atoms with Gasteiger partial charge < -0.3 is 10.5 Å². The number of nitrogen functional groups attached to an aromatic ring is 1. The molecule has 0 amide bonds. The van der Waals surface area contributed by atoms with Crippen LogP contribution in [0.5, 0.6) is 5.75 Å². The maximum Gasteiger partial charge on any atom is 0.154 e. The molecule has 0 aromatic heterocycles. The van der Waals surface area contributed by atoms with Crippen LogP contribution in [0.3, 0.4) is 0 Å². The first-order chi connectivity index (χ1) is 8.39. The molecule has 5 heteroatoms. The Kier molecular flexibility index (Phi) is 5.22. The lowest BCUT2D eigenvalue weighted by molar-refractivity contribution is 0.318. The summed E-state index contributed by atoms with van der Waals surface area (Å²) < 4.78 is 28.5. The lowest BCUT2D eigenvalue weighted by atomic mass is 10.3. The first-order valence-corrected chi connectivity index (χ1v) is 7.54. The fourth-order valence-corrected chi connectivity index (χ4v) is 2.93. The van der Waals surface area contributed by atoms with Gasteiger partial charge in [-0.25, -0.2) is 8.42 Å². The third-order valence-electron chi connectivity index (χ3n) is 2.21. The van der Waals surface area contributed by atoms with Gasteiger partial charge in [0.25, 0.3) is 0 Å². The fourth-order valence-electron chi connectivity index (χ4n) is 1.48. The van der Waals surface area contributed by atoms with Crippen LogP contribution in [0.25, 0.3) is 0 Å². The molecule has 0 aliphatic carbocycles. The zero-order valence-electron chi connectivity index (χ0n) is 10.6. The van der Waals surface area contributed by atoms with Crippen molar-refractivity contribution in [2.45, 2.75) is 13.3 Å². The predicted octanol–water partition coefficient (Wildman–Crippen LogP) is 2.03. The summed E-state index contributed by atoms with van der Waals surface area (Å²) in [6.45, 7) is 5.69. The molecule has 0 aliphatic heterocycles. The summed E-state index contributed by atoms with van der Waals surface area (Å²) in [5.41, 5.74) is 6.88. The summed E-state index contributed by atoms with van der Waals surface area (Å²) in [5, 5.41) is 0. The largest absolute Gasteiger partial charge is 0.494 e. The molecule has 0 heterocycles. The number of nitrogens with two attached hydrogens (primary N) is 1. The summed E-state index contributed by atoms with van der Waals surface area (Å²) in [6, 6.07) is 7.01. The Morgan fingerprint density at radius 2 is 1.94 bits per heavy atom. The van der Waals surface area contributed by atoms with Gasteiger partial charge in [-0.15, -0.1) is 0 Å². The molecule has 18 heavy (non-hydrogen) atoms. The average molecular weight is 269 g/mol. The minimum atomic E-state index is -3.04. The van der Waals surface area contributed by atoms with Gasteiger partial charge in [-0.1, -0.05) is 12.2 Å². The third-order valence-corrected chi connectivity index (χ3v) is 4.06. The quantitative estimate of drug-likeness (QED) is 0.467. The molecule has 0 spiro atoms. The smallest absolute Gasteiger partial charge is 0.154 e. The first-order valence-electron chi connectivity index (χ1n) is 5.72. The molecule has 0 fully saturated rings. The van der Waals surface area contributed by atoms with Crippen LogP contribution in [0, 0.1) is 0 Å². The van der Waals surface area contributed by atoms with Gasteiger partial charge in [-0.3, -0.25) is 0 Å². The monoisotopic (exact) mass is 269 g/mol. The average Bonchev–Trinajstić information content (AvgIpc) is 2.25. The molecule has 1 rings (SSSR count). The molecular weight excluding hydrogens is 250 g/mol. The van der Waals surface area contributed by atoms with Gasteiger partial charge in [-0.05, 0) is 37.6 Å². The lowest BCUT2D eigenvalue weighted by Gasteiger charge is -2.07. The van der Waals surface area contributed by atoms with Crippen LogP contribution in [0.1, 0.15) is 13.3 Å². The maximum atomic E-state index is 11.6. The van der Waals surface area contributed by atoms with Gasteiger partial charge in [-0.2, -0.15) is 0 Å². The first kappa shape index (κ1) is 14.6. The molecule has 2 N–H and O–H groups in total. The van der Waals surface area contributed by atoms with E-state index in [0.29, 0.717) is 30.0 Å². The Hall–Kier alpha value is -1.49. The summed E-state index contributed by atoms with van der Waals surface area (Å²) >= 11 is 0. The van der Waals surface area contributed by atoms with E-state index in [1.54, 1.807) is 31.2 Å². The number of hydrogen-bond donors (Lipinski definition) is 1. The van der Waals surface area contributed by atoms with Crippen LogP contribution < -0.4 is 10.5 Å². The van der Waals surface area contributed by atoms with E-state index >= 15 is 0 Å². The second kappa shape index (κ2) is 6.44. The van der Waals surface area contributed by atoms with E-state index in [4.69, 9.17) is 10.5 Å². The van der Waals surface area contributed by atoms with Crippen LogP contribution >= 0.6 is 0 Å². The van der Waals surface area contributed by atoms with Crippen molar-refractivity contribution in [1.82, 2.24) is 0 Å². The van der Waals surface area contributed by atoms with Crippen LogP contribution in [-0.4, -0.2) is 26.5 Å². The van der Waals surface area contributed by atoms with Crippen molar-refractivity contribution in [3.8, 4) is 5.75 Å². The SMILES string of the molecule is C=C(C)CS(=O)(=O)CCCOc1ccc(N)cc1. The lowest BCUT2D eigenvalue weighted by Crippen LogP contribution is -2.14. The molecule has 4 nitrogen and oxygen atoms in total. The number of sulfone groups is 1. The molecule has 0 atom stereocenters. The molecule has 100 valence electrons. The Labute approximate surface area is 108 Å². The van der Waals surface area contributed by atoms with Gasteiger partial charge in [0.1, 0.15) is 5.75 Å². The highest BCUT2D eigenvalue weighted by Gasteiger charge is 2.10. The summed E-state index contributed by atoms with van der Waals surface area (Å²) in [6.07, 6.45) is 0.472. The van der Waals surface area contributed by atoms with Crippen molar-refractivity contribution in [1.29, 1.82) is 0 Å². The van der Waals surface area contributed by atoms with Crippen molar-refractivity contribution in [3.05, 3.63) is 36.4 Å². The number of rotatable bonds is 7. The van der Waals surface area contributed by atoms with Crippen LogP contribution in [0.4, 0.5) is 5.69 Å². The van der Waals surface area contributed by atoms with Crippen molar-refractivity contribution < 1.29 is 13.2 Å². The van der Waals surface area contributed by atoms with E-state index in [2.05, 4.69) is 6.58 Å². The molecule has 1 aromatic carbocycles. The van der Waals surface area contributed by atoms with E-state index in [0.717, 1.165) is 0 Å². The van der Waals surface area contributed by atoms with Crippen LogP contribution in [0.2, 0.25) is 0 Å². The molecule has 0 saturated carbocycles. The highest BCUT2D eigenvalue weighted by Crippen LogP contribution is 2.13.